The van der Waals surface area contributed by atoms with Crippen LogP contribution in [0.15, 0.2) is 24.4 Å². The SMILES string of the molecule is Nc1ccccn1.[Ir]. The van der Waals surface area contributed by atoms with Crippen LogP contribution in [0.5, 0.6) is 0 Å². The summed E-state index contributed by atoms with van der Waals surface area (Å²) in [5, 5.41) is 0. The van der Waals surface area contributed by atoms with Crippen molar-refractivity contribution in [2.45, 2.75) is 0 Å². The van der Waals surface area contributed by atoms with Gasteiger partial charge in [-0.2, -0.15) is 0 Å². The van der Waals surface area contributed by atoms with Crippen LogP contribution in [0.3, 0.4) is 0 Å². The number of aromatic nitrogens is 1. The van der Waals surface area contributed by atoms with E-state index in [0.717, 1.165) is 0 Å². The van der Waals surface area contributed by atoms with E-state index in [4.69, 9.17) is 5.73 Å². The van der Waals surface area contributed by atoms with Crippen molar-refractivity contribution in [1.82, 2.24) is 4.98 Å². The van der Waals surface area contributed by atoms with Crippen LogP contribution >= 0.6 is 0 Å². The summed E-state index contributed by atoms with van der Waals surface area (Å²) in [5.41, 5.74) is 5.25. The molecule has 2 N–H and O–H groups in total. The molecule has 45 valence electrons. The van der Waals surface area contributed by atoms with E-state index < -0.39 is 0 Å². The molecule has 0 bridgehead atoms. The first-order valence-electron chi connectivity index (χ1n) is 2.06. The molecule has 2 nitrogen and oxygen atoms in total. The Morgan fingerprint density at radius 1 is 1.38 bits per heavy atom. The first-order valence-corrected chi connectivity index (χ1v) is 2.06. The van der Waals surface area contributed by atoms with Crippen molar-refractivity contribution >= 4 is 5.82 Å². The predicted molar refractivity (Wildman–Crippen MR) is 28.6 cm³/mol. The molecule has 0 saturated heterocycles. The molecule has 1 aromatic heterocycles. The summed E-state index contributed by atoms with van der Waals surface area (Å²) >= 11 is 0. The predicted octanol–water partition coefficient (Wildman–Crippen LogP) is 0.661. The van der Waals surface area contributed by atoms with Gasteiger partial charge >= 0.3 is 0 Å². The van der Waals surface area contributed by atoms with Gasteiger partial charge in [-0.1, -0.05) is 6.07 Å². The maximum absolute atomic E-state index is 5.25. The molecule has 1 heterocycles. The van der Waals surface area contributed by atoms with E-state index in [9.17, 15) is 0 Å². The Morgan fingerprint density at radius 3 is 2.38 bits per heavy atom. The zero-order chi connectivity index (χ0) is 5.11. The first-order chi connectivity index (χ1) is 3.39. The normalized spacial score (nSPS) is 7.50. The van der Waals surface area contributed by atoms with Gasteiger partial charge in [0.25, 0.3) is 0 Å². The molecule has 1 aromatic rings. The third-order valence-electron chi connectivity index (χ3n) is 0.688. The van der Waals surface area contributed by atoms with Crippen LogP contribution in [0.4, 0.5) is 5.82 Å². The average Bonchev–Trinajstić information content (AvgIpc) is 1.69. The molecule has 0 atom stereocenters. The third-order valence-corrected chi connectivity index (χ3v) is 0.688. The van der Waals surface area contributed by atoms with Crippen LogP contribution in [-0.4, -0.2) is 4.98 Å². The van der Waals surface area contributed by atoms with Crippen molar-refractivity contribution in [3.05, 3.63) is 24.4 Å². The standard InChI is InChI=1S/C5H6N2.Ir/c6-5-3-1-2-4-7-5;/h1-4H,(H2,6,7);. The number of hydrogen-bond acceptors (Lipinski definition) is 2. The summed E-state index contributed by atoms with van der Waals surface area (Å²) in [5.74, 6) is 0.572. The molecular weight excluding hydrogens is 280 g/mol. The van der Waals surface area contributed by atoms with Gasteiger partial charge < -0.3 is 5.73 Å². The molecule has 0 fully saturated rings. The fraction of sp³-hybridized carbons (Fsp3) is 0. The molecule has 0 saturated carbocycles. The van der Waals surface area contributed by atoms with Gasteiger partial charge in [0.2, 0.25) is 0 Å². The van der Waals surface area contributed by atoms with E-state index in [0.29, 0.717) is 5.82 Å². The maximum atomic E-state index is 5.25. The van der Waals surface area contributed by atoms with Crippen molar-refractivity contribution in [2.75, 3.05) is 5.73 Å². The van der Waals surface area contributed by atoms with Crippen molar-refractivity contribution < 1.29 is 20.1 Å². The number of nitrogens with two attached hydrogens (primary N) is 1. The third kappa shape index (κ3) is 2.05. The second-order valence-electron chi connectivity index (χ2n) is 1.25. The Balaban J connectivity index is 0.000000490. The van der Waals surface area contributed by atoms with Crippen LogP contribution in [0.2, 0.25) is 0 Å². The van der Waals surface area contributed by atoms with Gasteiger partial charge in [-0.15, -0.1) is 0 Å². The van der Waals surface area contributed by atoms with Gasteiger partial charge in [0.05, 0.1) is 0 Å². The van der Waals surface area contributed by atoms with E-state index in [1.54, 1.807) is 12.3 Å². The molecule has 0 aliphatic heterocycles. The van der Waals surface area contributed by atoms with E-state index in [1.807, 2.05) is 12.1 Å². The van der Waals surface area contributed by atoms with Crippen LogP contribution in [0, 0.1) is 0 Å². The Kier molecular flexibility index (Phi) is 3.40. The maximum Gasteiger partial charge on any atom is 0.123 e. The Bertz CT molecular complexity index is 140. The average molecular weight is 286 g/mol. The van der Waals surface area contributed by atoms with Gasteiger partial charge in [-0.3, -0.25) is 0 Å². The van der Waals surface area contributed by atoms with Gasteiger partial charge in [0.1, 0.15) is 5.82 Å². The summed E-state index contributed by atoms with van der Waals surface area (Å²) in [4.78, 5) is 3.76. The topological polar surface area (TPSA) is 38.9 Å². The molecule has 0 spiro atoms. The molecule has 3 heteroatoms. The van der Waals surface area contributed by atoms with E-state index >= 15 is 0 Å². The quantitative estimate of drug-likeness (QED) is 0.761. The van der Waals surface area contributed by atoms with E-state index in [-0.39, 0.29) is 20.1 Å². The van der Waals surface area contributed by atoms with Crippen LogP contribution in [-0.2, 0) is 20.1 Å². The molecule has 8 heavy (non-hydrogen) atoms. The second-order valence-corrected chi connectivity index (χ2v) is 1.25. The summed E-state index contributed by atoms with van der Waals surface area (Å²) < 4.78 is 0. The minimum atomic E-state index is 0. The summed E-state index contributed by atoms with van der Waals surface area (Å²) in [6.07, 6.45) is 1.66. The Labute approximate surface area is 61.5 Å². The van der Waals surface area contributed by atoms with Gasteiger partial charge in [0, 0.05) is 26.3 Å². The zero-order valence-electron chi connectivity index (χ0n) is 4.17. The van der Waals surface area contributed by atoms with Crippen LogP contribution in [0.25, 0.3) is 0 Å². The number of nitrogens with zero attached hydrogens (tertiary/aromatic N) is 1. The van der Waals surface area contributed by atoms with E-state index in [1.165, 1.54) is 0 Å². The number of hydrogen-bond donors (Lipinski definition) is 1. The van der Waals surface area contributed by atoms with Crippen molar-refractivity contribution in [2.24, 2.45) is 0 Å². The molecule has 1 radical (unpaired) electrons. The molecule has 0 unspecified atom stereocenters. The van der Waals surface area contributed by atoms with Gasteiger partial charge in [-0.25, -0.2) is 4.98 Å². The van der Waals surface area contributed by atoms with Crippen molar-refractivity contribution in [1.29, 1.82) is 0 Å². The minimum Gasteiger partial charge on any atom is -0.384 e. The molecular formula is C5H6IrN2. The largest absolute Gasteiger partial charge is 0.384 e. The second kappa shape index (κ2) is 3.58. The van der Waals surface area contributed by atoms with Gasteiger partial charge in [-0.05, 0) is 12.1 Å². The summed E-state index contributed by atoms with van der Waals surface area (Å²) in [6.45, 7) is 0. The van der Waals surface area contributed by atoms with Gasteiger partial charge in [0.15, 0.2) is 0 Å². The molecule has 1 rings (SSSR count). The fourth-order valence-electron chi connectivity index (χ4n) is 0.376. The zero-order valence-corrected chi connectivity index (χ0v) is 6.56. The molecule has 0 aliphatic rings. The Morgan fingerprint density at radius 2 is 2.12 bits per heavy atom. The summed E-state index contributed by atoms with van der Waals surface area (Å²) in [7, 11) is 0. The number of anilines is 1. The Hall–Kier alpha value is -0.401. The van der Waals surface area contributed by atoms with Crippen molar-refractivity contribution in [3.8, 4) is 0 Å². The van der Waals surface area contributed by atoms with Crippen LogP contribution in [0.1, 0.15) is 0 Å². The summed E-state index contributed by atoms with van der Waals surface area (Å²) in [6, 6.07) is 5.43. The first kappa shape index (κ1) is 7.60. The van der Waals surface area contributed by atoms with E-state index in [2.05, 4.69) is 4.98 Å². The monoisotopic (exact) mass is 287 g/mol. The number of rotatable bonds is 0. The van der Waals surface area contributed by atoms with Crippen molar-refractivity contribution in [3.63, 3.8) is 0 Å². The molecule has 0 aliphatic carbocycles. The number of pyridine rings is 1. The molecule has 0 aromatic carbocycles. The smallest absolute Gasteiger partial charge is 0.123 e. The number of nitrogen functional groups attached to an aromatic ring is 1. The van der Waals surface area contributed by atoms with Crippen LogP contribution < -0.4 is 5.73 Å². The fourth-order valence-corrected chi connectivity index (χ4v) is 0.376. The minimum absolute atomic E-state index is 0. The molecule has 0 amide bonds.